The highest BCUT2D eigenvalue weighted by molar-refractivity contribution is 7.92. The maximum Gasteiger partial charge on any atom is 0.261 e. The highest BCUT2D eigenvalue weighted by Crippen LogP contribution is 2.26. The Morgan fingerprint density at radius 3 is 2.48 bits per heavy atom. The Hall–Kier alpha value is -2.23. The molecule has 0 radical (unpaired) electrons. The second-order valence-corrected chi connectivity index (χ2v) is 6.41. The summed E-state index contributed by atoms with van der Waals surface area (Å²) in [6, 6.07) is 12.6. The molecule has 0 heterocycles. The summed E-state index contributed by atoms with van der Waals surface area (Å²) in [5.41, 5.74) is 6.99. The minimum atomic E-state index is -3.76. The van der Waals surface area contributed by atoms with Crippen molar-refractivity contribution in [1.29, 1.82) is 5.26 Å². The number of nitrogens with two attached hydrogens (primary N) is 1. The van der Waals surface area contributed by atoms with Crippen LogP contribution in [0.4, 0.5) is 11.4 Å². The highest BCUT2D eigenvalue weighted by Gasteiger charge is 2.15. The summed E-state index contributed by atoms with van der Waals surface area (Å²) in [4.78, 5) is 0.0858. The van der Waals surface area contributed by atoms with E-state index < -0.39 is 10.0 Å². The molecule has 7 heteroatoms. The van der Waals surface area contributed by atoms with Gasteiger partial charge in [-0.1, -0.05) is 23.7 Å². The number of nitrogens with zero attached hydrogens (tertiary/aromatic N) is 1. The van der Waals surface area contributed by atoms with Gasteiger partial charge in [0.2, 0.25) is 0 Å². The van der Waals surface area contributed by atoms with Crippen molar-refractivity contribution >= 4 is 33.0 Å². The first-order valence-electron chi connectivity index (χ1n) is 5.96. The SMILES string of the molecule is N#CCc1ccc(S(=O)(=O)Nc2cc(N)ccc2Cl)cc1. The summed E-state index contributed by atoms with van der Waals surface area (Å²) in [5, 5.41) is 8.85. The van der Waals surface area contributed by atoms with Gasteiger partial charge in [0.25, 0.3) is 10.0 Å². The molecule has 3 N–H and O–H groups in total. The topological polar surface area (TPSA) is 96.0 Å². The fourth-order valence-electron chi connectivity index (χ4n) is 1.70. The van der Waals surface area contributed by atoms with Gasteiger partial charge in [-0.25, -0.2) is 8.42 Å². The lowest BCUT2D eigenvalue weighted by molar-refractivity contribution is 0.601. The average molecular weight is 322 g/mol. The molecule has 0 fully saturated rings. The second-order valence-electron chi connectivity index (χ2n) is 4.32. The largest absolute Gasteiger partial charge is 0.399 e. The Kier molecular flexibility index (Phi) is 4.36. The van der Waals surface area contributed by atoms with Crippen molar-refractivity contribution in [2.75, 3.05) is 10.5 Å². The third kappa shape index (κ3) is 3.66. The van der Waals surface area contributed by atoms with Crippen molar-refractivity contribution in [3.8, 4) is 6.07 Å². The van der Waals surface area contributed by atoms with Crippen molar-refractivity contribution in [3.63, 3.8) is 0 Å². The molecule has 0 saturated carbocycles. The molecular weight excluding hydrogens is 310 g/mol. The summed E-state index contributed by atoms with van der Waals surface area (Å²) in [5.74, 6) is 0. The molecule has 21 heavy (non-hydrogen) atoms. The van der Waals surface area contributed by atoms with Crippen LogP contribution in [0.25, 0.3) is 0 Å². The quantitative estimate of drug-likeness (QED) is 0.846. The van der Waals surface area contributed by atoms with Crippen LogP contribution in [0.1, 0.15) is 5.56 Å². The van der Waals surface area contributed by atoms with Crippen LogP contribution in [0.3, 0.4) is 0 Å². The van der Waals surface area contributed by atoms with Gasteiger partial charge in [0, 0.05) is 5.69 Å². The summed E-state index contributed by atoms with van der Waals surface area (Å²) in [6.45, 7) is 0. The van der Waals surface area contributed by atoms with Crippen molar-refractivity contribution in [2.24, 2.45) is 0 Å². The third-order valence-corrected chi connectivity index (χ3v) is 4.46. The molecule has 0 aliphatic rings. The van der Waals surface area contributed by atoms with Crippen molar-refractivity contribution in [1.82, 2.24) is 0 Å². The maximum absolute atomic E-state index is 12.3. The average Bonchev–Trinajstić information content (AvgIpc) is 2.44. The van der Waals surface area contributed by atoms with Gasteiger partial charge in [0.05, 0.1) is 28.1 Å². The molecule has 0 spiro atoms. The normalized spacial score (nSPS) is 10.9. The lowest BCUT2D eigenvalue weighted by atomic mass is 10.2. The molecule has 0 amide bonds. The van der Waals surface area contributed by atoms with E-state index in [-0.39, 0.29) is 22.0 Å². The first-order chi connectivity index (χ1) is 9.92. The number of rotatable bonds is 4. The van der Waals surface area contributed by atoms with Gasteiger partial charge in [-0.15, -0.1) is 0 Å². The minimum Gasteiger partial charge on any atom is -0.399 e. The number of nitrogens with one attached hydrogen (secondary N) is 1. The van der Waals surface area contributed by atoms with Crippen LogP contribution in [0.5, 0.6) is 0 Å². The Balaban J connectivity index is 2.30. The predicted molar refractivity (Wildman–Crippen MR) is 82.4 cm³/mol. The number of hydrogen-bond acceptors (Lipinski definition) is 4. The first-order valence-corrected chi connectivity index (χ1v) is 7.82. The van der Waals surface area contributed by atoms with Crippen molar-refractivity contribution in [2.45, 2.75) is 11.3 Å². The van der Waals surface area contributed by atoms with Gasteiger partial charge >= 0.3 is 0 Å². The molecule has 0 unspecified atom stereocenters. The molecule has 108 valence electrons. The molecular formula is C14H12ClN3O2S. The standard InChI is InChI=1S/C14H12ClN3O2S/c15-13-6-3-11(17)9-14(13)18-21(19,20)12-4-1-10(2-5-12)7-8-16/h1-6,9,18H,7,17H2. The zero-order chi connectivity index (χ0) is 15.5. The molecule has 5 nitrogen and oxygen atoms in total. The fourth-order valence-corrected chi connectivity index (χ4v) is 2.99. The lowest BCUT2D eigenvalue weighted by Crippen LogP contribution is -2.13. The zero-order valence-electron chi connectivity index (χ0n) is 10.9. The molecule has 0 aromatic heterocycles. The van der Waals surface area contributed by atoms with Gasteiger partial charge in [0.1, 0.15) is 0 Å². The van der Waals surface area contributed by atoms with E-state index in [0.29, 0.717) is 5.69 Å². The van der Waals surface area contributed by atoms with E-state index in [4.69, 9.17) is 22.6 Å². The van der Waals surface area contributed by atoms with Crippen molar-refractivity contribution in [3.05, 3.63) is 53.1 Å². The van der Waals surface area contributed by atoms with E-state index in [1.165, 1.54) is 24.3 Å². The van der Waals surface area contributed by atoms with E-state index in [1.54, 1.807) is 18.2 Å². The summed E-state index contributed by atoms with van der Waals surface area (Å²) in [7, 11) is -3.76. The van der Waals surface area contributed by atoms with E-state index in [9.17, 15) is 8.42 Å². The molecule has 0 aliphatic carbocycles. The number of anilines is 2. The number of halogens is 1. The summed E-state index contributed by atoms with van der Waals surface area (Å²) >= 11 is 5.94. The fraction of sp³-hybridized carbons (Fsp3) is 0.0714. The Morgan fingerprint density at radius 1 is 1.19 bits per heavy atom. The van der Waals surface area contributed by atoms with Gasteiger partial charge in [0.15, 0.2) is 0 Å². The minimum absolute atomic E-state index is 0.0858. The van der Waals surface area contributed by atoms with Crippen LogP contribution in [0, 0.1) is 11.3 Å². The number of sulfonamides is 1. The molecule has 0 saturated heterocycles. The molecule has 2 aromatic rings. The smallest absolute Gasteiger partial charge is 0.261 e. The monoisotopic (exact) mass is 321 g/mol. The zero-order valence-corrected chi connectivity index (χ0v) is 12.4. The van der Waals surface area contributed by atoms with Crippen LogP contribution >= 0.6 is 11.6 Å². The highest BCUT2D eigenvalue weighted by atomic mass is 35.5. The molecule has 2 rings (SSSR count). The summed E-state index contributed by atoms with van der Waals surface area (Å²) < 4.78 is 26.9. The van der Waals surface area contributed by atoms with E-state index in [0.717, 1.165) is 5.56 Å². The first kappa shape index (κ1) is 15.2. The summed E-state index contributed by atoms with van der Waals surface area (Å²) in [6.07, 6.45) is 0.231. The van der Waals surface area contributed by atoms with Crippen LogP contribution in [-0.2, 0) is 16.4 Å². The Bertz CT molecular complexity index is 796. The van der Waals surface area contributed by atoms with Crippen LogP contribution in [0.15, 0.2) is 47.4 Å². The van der Waals surface area contributed by atoms with Gasteiger partial charge in [-0.2, -0.15) is 5.26 Å². The third-order valence-electron chi connectivity index (χ3n) is 2.75. The number of nitrogen functional groups attached to an aromatic ring is 1. The molecule has 2 aromatic carbocycles. The maximum atomic E-state index is 12.3. The van der Waals surface area contributed by atoms with Gasteiger partial charge in [-0.05, 0) is 35.9 Å². The van der Waals surface area contributed by atoms with E-state index in [1.807, 2.05) is 6.07 Å². The van der Waals surface area contributed by atoms with Crippen LogP contribution < -0.4 is 10.5 Å². The van der Waals surface area contributed by atoms with E-state index >= 15 is 0 Å². The molecule has 0 atom stereocenters. The van der Waals surface area contributed by atoms with Crippen molar-refractivity contribution < 1.29 is 8.42 Å². The molecule has 0 bridgehead atoms. The van der Waals surface area contributed by atoms with Gasteiger partial charge < -0.3 is 5.73 Å². The Morgan fingerprint density at radius 2 is 1.86 bits per heavy atom. The lowest BCUT2D eigenvalue weighted by Gasteiger charge is -2.10. The second kappa shape index (κ2) is 6.04. The van der Waals surface area contributed by atoms with Gasteiger partial charge in [-0.3, -0.25) is 4.72 Å². The number of benzene rings is 2. The number of hydrogen-bond donors (Lipinski definition) is 2. The van der Waals surface area contributed by atoms with E-state index in [2.05, 4.69) is 4.72 Å². The molecule has 0 aliphatic heterocycles. The van der Waals surface area contributed by atoms with Crippen LogP contribution in [0.2, 0.25) is 5.02 Å². The Labute approximate surface area is 128 Å². The predicted octanol–water partition coefficient (Wildman–Crippen LogP) is 2.79. The van der Waals surface area contributed by atoms with Crippen LogP contribution in [-0.4, -0.2) is 8.42 Å². The number of nitriles is 1.